The molecular weight excluding hydrogens is 344 g/mol. The first kappa shape index (κ1) is 18.1. The molecule has 0 bridgehead atoms. The van der Waals surface area contributed by atoms with Crippen LogP contribution in [0.5, 0.6) is 0 Å². The molecule has 0 saturated carbocycles. The maximum atomic E-state index is 9.28. The first-order valence-corrected chi connectivity index (χ1v) is 9.37. The molecule has 7 nitrogen and oxygen atoms in total. The monoisotopic (exact) mass is 370 g/mol. The molecule has 0 fully saturated rings. The number of anilines is 1. The predicted molar refractivity (Wildman–Crippen MR) is 104 cm³/mol. The van der Waals surface area contributed by atoms with E-state index in [9.17, 15) is 5.11 Å². The van der Waals surface area contributed by atoms with Gasteiger partial charge in [-0.05, 0) is 25.3 Å². The van der Waals surface area contributed by atoms with E-state index in [0.717, 1.165) is 28.6 Å². The van der Waals surface area contributed by atoms with Crippen molar-refractivity contribution in [2.24, 2.45) is 0 Å². The Morgan fingerprint density at radius 3 is 2.74 bits per heavy atom. The highest BCUT2D eigenvalue weighted by molar-refractivity contribution is 6.06. The van der Waals surface area contributed by atoms with Crippen LogP contribution in [0.4, 0.5) is 5.82 Å². The van der Waals surface area contributed by atoms with Crippen molar-refractivity contribution >= 4 is 28.0 Å². The Morgan fingerprint density at radius 1 is 1.26 bits per heavy atom. The summed E-state index contributed by atoms with van der Waals surface area (Å²) in [5, 5.41) is 10.2. The summed E-state index contributed by atoms with van der Waals surface area (Å²) in [6.45, 7) is 9.54. The summed E-state index contributed by atoms with van der Waals surface area (Å²) in [4.78, 5) is 15.6. The number of pyridine rings is 1. The Bertz CT molecular complexity index is 1010. The smallest absolute Gasteiger partial charge is 0.229 e. The Labute approximate surface area is 158 Å². The van der Waals surface area contributed by atoms with Crippen LogP contribution in [0, 0.1) is 0 Å². The van der Waals surface area contributed by atoms with Gasteiger partial charge in [0.05, 0.1) is 29.9 Å². The molecule has 0 aliphatic carbocycles. The van der Waals surface area contributed by atoms with Crippen LogP contribution in [0.2, 0.25) is 0 Å². The first-order valence-electron chi connectivity index (χ1n) is 9.37. The van der Waals surface area contributed by atoms with Crippen molar-refractivity contribution in [2.45, 2.75) is 52.2 Å². The lowest BCUT2D eigenvalue weighted by Crippen LogP contribution is -2.33. The van der Waals surface area contributed by atoms with E-state index >= 15 is 0 Å². The van der Waals surface area contributed by atoms with Gasteiger partial charge in [-0.1, -0.05) is 13.8 Å². The molecule has 0 saturated heterocycles. The lowest BCUT2D eigenvalue weighted by molar-refractivity contribution is -0.0402. The number of likely N-dealkylation sites (N-methyl/N-ethyl adjacent to an activating group) is 1. The number of ether oxygens (including phenoxy) is 1. The van der Waals surface area contributed by atoms with E-state index in [4.69, 9.17) is 14.1 Å². The van der Waals surface area contributed by atoms with E-state index < -0.39 is 0 Å². The maximum Gasteiger partial charge on any atom is 0.229 e. The topological polar surface area (TPSA) is 84.5 Å². The average molecular weight is 370 g/mol. The Morgan fingerprint density at radius 2 is 2.04 bits per heavy atom. The van der Waals surface area contributed by atoms with Gasteiger partial charge in [0.25, 0.3) is 0 Å². The average Bonchev–Trinajstić information content (AvgIpc) is 2.98. The Kier molecular flexibility index (Phi) is 4.31. The highest BCUT2D eigenvalue weighted by Crippen LogP contribution is 2.41. The molecule has 4 rings (SSSR count). The van der Waals surface area contributed by atoms with E-state index in [1.54, 1.807) is 6.33 Å². The van der Waals surface area contributed by atoms with Crippen molar-refractivity contribution in [1.29, 1.82) is 0 Å². The number of hydrogen-bond acceptors (Lipinski definition) is 7. The van der Waals surface area contributed by atoms with Gasteiger partial charge >= 0.3 is 0 Å². The molecule has 3 aromatic heterocycles. The highest BCUT2D eigenvalue weighted by Gasteiger charge is 2.33. The summed E-state index contributed by atoms with van der Waals surface area (Å²) >= 11 is 0. The van der Waals surface area contributed by atoms with Gasteiger partial charge < -0.3 is 19.2 Å². The van der Waals surface area contributed by atoms with Gasteiger partial charge in [0.2, 0.25) is 5.71 Å². The number of fused-ring (bicyclic) bond motifs is 5. The fraction of sp³-hybridized carbons (Fsp3) is 0.550. The fourth-order valence-electron chi connectivity index (χ4n) is 3.82. The molecule has 3 aromatic rings. The summed E-state index contributed by atoms with van der Waals surface area (Å²) in [5.74, 6) is 0.932. The third kappa shape index (κ3) is 2.95. The number of aliphatic hydroxyl groups is 1. The van der Waals surface area contributed by atoms with Gasteiger partial charge in [0, 0.05) is 25.6 Å². The van der Waals surface area contributed by atoms with Crippen LogP contribution in [0.25, 0.3) is 22.2 Å². The molecule has 0 aromatic carbocycles. The number of rotatable bonds is 4. The van der Waals surface area contributed by atoms with Gasteiger partial charge in [0.15, 0.2) is 11.4 Å². The first-order chi connectivity index (χ1) is 12.8. The summed E-state index contributed by atoms with van der Waals surface area (Å²) in [5.41, 5.74) is 5.13. The van der Waals surface area contributed by atoms with Gasteiger partial charge in [-0.25, -0.2) is 15.0 Å². The summed E-state index contributed by atoms with van der Waals surface area (Å²) in [7, 11) is 1.88. The lowest BCUT2D eigenvalue weighted by atomic mass is 9.87. The second-order valence-corrected chi connectivity index (χ2v) is 8.14. The molecule has 0 unspecified atom stereocenters. The summed E-state index contributed by atoms with van der Waals surface area (Å²) in [6.07, 6.45) is 2.33. The van der Waals surface area contributed by atoms with E-state index in [2.05, 4.69) is 37.7 Å². The van der Waals surface area contributed by atoms with Crippen LogP contribution >= 0.6 is 0 Å². The van der Waals surface area contributed by atoms with E-state index in [1.807, 2.05) is 11.9 Å². The van der Waals surface area contributed by atoms with Crippen molar-refractivity contribution in [1.82, 2.24) is 15.0 Å². The van der Waals surface area contributed by atoms with E-state index in [1.165, 1.54) is 5.56 Å². The lowest BCUT2D eigenvalue weighted by Gasteiger charge is -2.33. The summed E-state index contributed by atoms with van der Waals surface area (Å²) in [6, 6.07) is 0. The summed E-state index contributed by atoms with van der Waals surface area (Å²) < 4.78 is 12.3. The minimum Gasteiger partial charge on any atom is -0.432 e. The van der Waals surface area contributed by atoms with Crippen molar-refractivity contribution in [2.75, 3.05) is 25.1 Å². The number of hydrogen-bond donors (Lipinski definition) is 1. The number of aromatic nitrogens is 3. The molecule has 0 spiro atoms. The zero-order chi connectivity index (χ0) is 19.3. The predicted octanol–water partition coefficient (Wildman–Crippen LogP) is 3.17. The largest absolute Gasteiger partial charge is 0.432 e. The standard InChI is InChI=1S/C20H26N4O3/c1-11(2)15-13-9-26-20(3,4)8-12(13)14-16-17(27-19(14)23-15)18(22-10-21-16)24(5)6-7-25/h10-11,25H,6-9H2,1-5H3. The van der Waals surface area contributed by atoms with Gasteiger partial charge in [-0.3, -0.25) is 0 Å². The molecule has 144 valence electrons. The quantitative estimate of drug-likeness (QED) is 0.755. The second-order valence-electron chi connectivity index (χ2n) is 8.14. The van der Waals surface area contributed by atoms with Gasteiger partial charge in [-0.2, -0.15) is 0 Å². The fourth-order valence-corrected chi connectivity index (χ4v) is 3.82. The molecule has 0 radical (unpaired) electrons. The van der Waals surface area contributed by atoms with Crippen LogP contribution in [0.15, 0.2) is 10.7 Å². The van der Waals surface area contributed by atoms with Crippen LogP contribution < -0.4 is 4.90 Å². The normalized spacial score (nSPS) is 16.3. The van der Waals surface area contributed by atoms with Crippen LogP contribution in [0.3, 0.4) is 0 Å². The number of nitrogens with zero attached hydrogens (tertiary/aromatic N) is 4. The maximum absolute atomic E-state index is 9.28. The molecule has 1 aliphatic rings. The molecular formula is C20H26N4O3. The van der Waals surface area contributed by atoms with Crippen molar-refractivity contribution < 1.29 is 14.3 Å². The van der Waals surface area contributed by atoms with Crippen LogP contribution in [-0.2, 0) is 17.8 Å². The SMILES string of the molecule is CC(C)c1nc2oc3c(N(C)CCO)ncnc3c2c2c1COC(C)(C)C2. The number of aliphatic hydroxyl groups excluding tert-OH is 1. The molecule has 1 aliphatic heterocycles. The Hall–Kier alpha value is -2.25. The van der Waals surface area contributed by atoms with E-state index in [0.29, 0.717) is 30.3 Å². The molecule has 0 amide bonds. The van der Waals surface area contributed by atoms with Gasteiger partial charge in [0.1, 0.15) is 11.8 Å². The Balaban J connectivity index is 2.05. The second kappa shape index (κ2) is 6.42. The minimum absolute atomic E-state index is 0.0406. The van der Waals surface area contributed by atoms with E-state index in [-0.39, 0.29) is 18.1 Å². The van der Waals surface area contributed by atoms with Crippen molar-refractivity contribution in [3.63, 3.8) is 0 Å². The molecule has 4 heterocycles. The molecule has 1 N–H and O–H groups in total. The minimum atomic E-state index is -0.247. The van der Waals surface area contributed by atoms with Gasteiger partial charge in [-0.15, -0.1) is 0 Å². The molecule has 27 heavy (non-hydrogen) atoms. The number of furan rings is 1. The third-order valence-corrected chi connectivity index (χ3v) is 5.19. The molecule has 7 heteroatoms. The third-order valence-electron chi connectivity index (χ3n) is 5.19. The molecule has 0 atom stereocenters. The van der Waals surface area contributed by atoms with Crippen LogP contribution in [-0.4, -0.2) is 45.9 Å². The highest BCUT2D eigenvalue weighted by atomic mass is 16.5. The van der Waals surface area contributed by atoms with Crippen molar-refractivity contribution in [3.05, 3.63) is 23.1 Å². The zero-order valence-corrected chi connectivity index (χ0v) is 16.5. The zero-order valence-electron chi connectivity index (χ0n) is 16.5. The van der Waals surface area contributed by atoms with Crippen LogP contribution in [0.1, 0.15) is 50.4 Å². The van der Waals surface area contributed by atoms with Crippen molar-refractivity contribution in [3.8, 4) is 0 Å².